The third-order valence-electron chi connectivity index (χ3n) is 4.49. The molecule has 6 heteroatoms. The van der Waals surface area contributed by atoms with E-state index in [1.165, 1.54) is 25.7 Å². The first kappa shape index (κ1) is 13.5. The first-order chi connectivity index (χ1) is 9.63. The lowest BCUT2D eigenvalue weighted by Gasteiger charge is -2.24. The van der Waals surface area contributed by atoms with Crippen molar-refractivity contribution in [3.8, 4) is 0 Å². The van der Waals surface area contributed by atoms with E-state index in [2.05, 4.69) is 15.5 Å². The third kappa shape index (κ3) is 2.70. The van der Waals surface area contributed by atoms with E-state index < -0.39 is 0 Å². The van der Waals surface area contributed by atoms with Crippen molar-refractivity contribution in [2.24, 2.45) is 5.92 Å². The molecule has 3 atom stereocenters. The molecular formula is C14H22N4O2. The van der Waals surface area contributed by atoms with Crippen LogP contribution >= 0.6 is 0 Å². The van der Waals surface area contributed by atoms with Crippen LogP contribution in [0.25, 0.3) is 0 Å². The number of nitrogens with one attached hydrogen (secondary N) is 1. The molecule has 0 spiro atoms. The number of carbonyl (C=O) groups excluding carboxylic acids is 1. The number of aryl methyl sites for hydroxylation is 1. The Balaban J connectivity index is 1.58. The van der Waals surface area contributed by atoms with Gasteiger partial charge < -0.3 is 14.7 Å². The van der Waals surface area contributed by atoms with Gasteiger partial charge in [0.25, 0.3) is 0 Å². The second-order valence-electron chi connectivity index (χ2n) is 6.03. The van der Waals surface area contributed by atoms with Crippen LogP contribution in [0, 0.1) is 12.8 Å². The lowest BCUT2D eigenvalue weighted by Crippen LogP contribution is -2.43. The second-order valence-corrected chi connectivity index (χ2v) is 6.03. The van der Waals surface area contributed by atoms with Gasteiger partial charge in [0.15, 0.2) is 5.82 Å². The fourth-order valence-electron chi connectivity index (χ4n) is 3.47. The Morgan fingerprint density at radius 3 is 2.95 bits per heavy atom. The van der Waals surface area contributed by atoms with Crippen molar-refractivity contribution in [1.29, 1.82) is 0 Å². The maximum absolute atomic E-state index is 12.5. The molecule has 1 aromatic rings. The van der Waals surface area contributed by atoms with E-state index in [9.17, 15) is 4.79 Å². The molecule has 1 N–H and O–H groups in total. The van der Waals surface area contributed by atoms with Crippen molar-refractivity contribution in [2.45, 2.75) is 57.7 Å². The first-order valence-corrected chi connectivity index (χ1v) is 7.43. The summed E-state index contributed by atoms with van der Waals surface area (Å²) in [5.41, 5.74) is 0. The zero-order valence-corrected chi connectivity index (χ0v) is 12.1. The molecule has 0 bridgehead atoms. The molecule has 1 saturated heterocycles. The van der Waals surface area contributed by atoms with E-state index in [-0.39, 0.29) is 11.9 Å². The molecule has 3 unspecified atom stereocenters. The minimum atomic E-state index is -0.0407. The zero-order chi connectivity index (χ0) is 14.1. The van der Waals surface area contributed by atoms with Gasteiger partial charge in [0.1, 0.15) is 0 Å². The minimum Gasteiger partial charge on any atom is -0.340 e. The topological polar surface area (TPSA) is 71.3 Å². The lowest BCUT2D eigenvalue weighted by molar-refractivity contribution is -0.132. The molecule has 3 rings (SSSR count). The van der Waals surface area contributed by atoms with E-state index in [4.69, 9.17) is 4.52 Å². The van der Waals surface area contributed by atoms with E-state index in [1.807, 2.05) is 0 Å². The zero-order valence-electron chi connectivity index (χ0n) is 12.1. The highest BCUT2D eigenvalue weighted by Crippen LogP contribution is 2.33. The number of hydrogen-bond acceptors (Lipinski definition) is 5. The maximum atomic E-state index is 12.5. The quantitative estimate of drug-likeness (QED) is 0.901. The van der Waals surface area contributed by atoms with Gasteiger partial charge in [-0.3, -0.25) is 4.79 Å². The molecule has 1 saturated carbocycles. The number of hydrogen-bond donors (Lipinski definition) is 1. The van der Waals surface area contributed by atoms with Crippen LogP contribution in [0.1, 0.15) is 43.8 Å². The molecule has 2 aliphatic rings. The maximum Gasteiger partial charge on any atom is 0.239 e. The van der Waals surface area contributed by atoms with Crippen LogP contribution in [0.15, 0.2) is 4.52 Å². The molecule has 1 aromatic heterocycles. The van der Waals surface area contributed by atoms with E-state index in [0.29, 0.717) is 30.2 Å². The fraction of sp³-hybridized carbons (Fsp3) is 0.786. The molecule has 6 nitrogen and oxygen atoms in total. The smallest absolute Gasteiger partial charge is 0.239 e. The van der Waals surface area contributed by atoms with Crippen molar-refractivity contribution in [3.05, 3.63) is 11.7 Å². The minimum absolute atomic E-state index is 0.0407. The van der Waals surface area contributed by atoms with E-state index >= 15 is 0 Å². The number of rotatable bonds is 3. The number of carbonyl (C=O) groups is 1. The number of amides is 1. The van der Waals surface area contributed by atoms with Gasteiger partial charge in [0, 0.05) is 20.0 Å². The van der Waals surface area contributed by atoms with Gasteiger partial charge >= 0.3 is 0 Å². The van der Waals surface area contributed by atoms with Crippen LogP contribution in [0.5, 0.6) is 0 Å². The monoisotopic (exact) mass is 278 g/mol. The average Bonchev–Trinajstić information content (AvgIpc) is 3.03. The third-order valence-corrected chi connectivity index (χ3v) is 4.49. The molecule has 1 aliphatic heterocycles. The highest BCUT2D eigenvalue weighted by molar-refractivity contribution is 5.82. The molecule has 2 heterocycles. The second kappa shape index (κ2) is 5.52. The van der Waals surface area contributed by atoms with Crippen molar-refractivity contribution >= 4 is 5.91 Å². The molecule has 0 aromatic carbocycles. The Hall–Kier alpha value is -1.43. The largest absolute Gasteiger partial charge is 0.340 e. The Morgan fingerprint density at radius 2 is 2.25 bits per heavy atom. The van der Waals surface area contributed by atoms with Gasteiger partial charge in [-0.05, 0) is 25.2 Å². The van der Waals surface area contributed by atoms with Gasteiger partial charge in [-0.2, -0.15) is 4.98 Å². The summed E-state index contributed by atoms with van der Waals surface area (Å²) in [5, 5.41) is 7.35. The summed E-state index contributed by atoms with van der Waals surface area (Å²) in [7, 11) is 1.80. The molecule has 1 aliphatic carbocycles. The summed E-state index contributed by atoms with van der Waals surface area (Å²) < 4.78 is 4.93. The van der Waals surface area contributed by atoms with Crippen LogP contribution in [-0.4, -0.2) is 40.1 Å². The highest BCUT2D eigenvalue weighted by Gasteiger charge is 2.39. The Labute approximate surface area is 118 Å². The molecule has 0 radical (unpaired) electrons. The predicted molar refractivity (Wildman–Crippen MR) is 72.8 cm³/mol. The molecule has 2 fully saturated rings. The molecule has 20 heavy (non-hydrogen) atoms. The van der Waals surface area contributed by atoms with E-state index in [0.717, 1.165) is 6.42 Å². The number of fused-ring (bicyclic) bond motifs is 1. The van der Waals surface area contributed by atoms with E-state index in [1.54, 1.807) is 18.9 Å². The van der Waals surface area contributed by atoms with Crippen molar-refractivity contribution in [1.82, 2.24) is 20.4 Å². The fourth-order valence-corrected chi connectivity index (χ4v) is 3.47. The molecule has 1 amide bonds. The van der Waals surface area contributed by atoms with Gasteiger partial charge in [0.2, 0.25) is 11.8 Å². The summed E-state index contributed by atoms with van der Waals surface area (Å²) in [4.78, 5) is 18.3. The number of aromatic nitrogens is 2. The Kier molecular flexibility index (Phi) is 3.74. The number of likely N-dealkylation sites (N-methyl/N-ethyl adjacent to an activating group) is 1. The Morgan fingerprint density at radius 1 is 1.45 bits per heavy atom. The van der Waals surface area contributed by atoms with Gasteiger partial charge in [0.05, 0.1) is 12.6 Å². The van der Waals surface area contributed by atoms with Gasteiger partial charge in [-0.1, -0.05) is 18.0 Å². The van der Waals surface area contributed by atoms with Gasteiger partial charge in [-0.15, -0.1) is 0 Å². The van der Waals surface area contributed by atoms with Crippen LogP contribution in [0.4, 0.5) is 0 Å². The van der Waals surface area contributed by atoms with Crippen LogP contribution in [0.2, 0.25) is 0 Å². The van der Waals surface area contributed by atoms with Gasteiger partial charge in [-0.25, -0.2) is 0 Å². The molecular weight excluding hydrogens is 256 g/mol. The predicted octanol–water partition coefficient (Wildman–Crippen LogP) is 1.26. The van der Waals surface area contributed by atoms with Crippen LogP contribution in [-0.2, 0) is 11.3 Å². The first-order valence-electron chi connectivity index (χ1n) is 7.43. The van der Waals surface area contributed by atoms with Crippen molar-refractivity contribution in [2.75, 3.05) is 7.05 Å². The summed E-state index contributed by atoms with van der Waals surface area (Å²) in [6.45, 7) is 2.16. The summed E-state index contributed by atoms with van der Waals surface area (Å²) in [5.74, 6) is 1.92. The SMILES string of the molecule is Cc1nc(CN(C)C(=O)C2CC3CCCCC3N2)no1. The average molecular weight is 278 g/mol. The van der Waals surface area contributed by atoms with Crippen LogP contribution in [0.3, 0.4) is 0 Å². The van der Waals surface area contributed by atoms with Crippen LogP contribution < -0.4 is 5.32 Å². The van der Waals surface area contributed by atoms with Crippen molar-refractivity contribution < 1.29 is 9.32 Å². The summed E-state index contributed by atoms with van der Waals surface area (Å²) >= 11 is 0. The standard InChI is InChI=1S/C14H22N4O2/c1-9-15-13(17-20-9)8-18(2)14(19)12-7-10-5-3-4-6-11(10)16-12/h10-12,16H,3-8H2,1-2H3. The lowest BCUT2D eigenvalue weighted by atomic mass is 9.85. The molecule has 110 valence electrons. The number of nitrogens with zero attached hydrogens (tertiary/aromatic N) is 3. The summed E-state index contributed by atoms with van der Waals surface area (Å²) in [6, 6.07) is 0.500. The Bertz CT molecular complexity index is 473. The van der Waals surface area contributed by atoms with Crippen molar-refractivity contribution in [3.63, 3.8) is 0 Å². The normalized spacial score (nSPS) is 29.2. The summed E-state index contributed by atoms with van der Waals surface area (Å²) in [6.07, 6.45) is 6.03. The highest BCUT2D eigenvalue weighted by atomic mass is 16.5.